The van der Waals surface area contributed by atoms with Crippen molar-refractivity contribution >= 4 is 5.91 Å². The van der Waals surface area contributed by atoms with Gasteiger partial charge in [0, 0.05) is 58.7 Å². The van der Waals surface area contributed by atoms with Crippen LogP contribution in [-0.2, 0) is 17.9 Å². The molecule has 7 heteroatoms. The van der Waals surface area contributed by atoms with Gasteiger partial charge < -0.3 is 16.0 Å². The van der Waals surface area contributed by atoms with Crippen LogP contribution in [0.25, 0.3) is 0 Å². The first kappa shape index (κ1) is 21.7. The summed E-state index contributed by atoms with van der Waals surface area (Å²) < 4.78 is 26.6. The fraction of sp³-hybridized carbons (Fsp3) is 0.696. The average molecular weight is 421 g/mol. The van der Waals surface area contributed by atoms with E-state index in [9.17, 15) is 13.6 Å². The number of carbonyl (C=O) groups excluding carboxylic acids is 1. The summed E-state index contributed by atoms with van der Waals surface area (Å²) >= 11 is 0. The summed E-state index contributed by atoms with van der Waals surface area (Å²) in [6.45, 7) is 9.13. The molecule has 3 fully saturated rings. The van der Waals surface area contributed by atoms with Gasteiger partial charge in [0.05, 0.1) is 5.41 Å². The van der Waals surface area contributed by atoms with Gasteiger partial charge in [-0.05, 0) is 35.9 Å². The highest BCUT2D eigenvalue weighted by Gasteiger charge is 2.68. The molecule has 1 spiro atoms. The van der Waals surface area contributed by atoms with Crippen LogP contribution in [0.5, 0.6) is 0 Å². The van der Waals surface area contributed by atoms with Crippen molar-refractivity contribution in [1.82, 2.24) is 15.1 Å². The largest absolute Gasteiger partial charge is 0.351 e. The fourth-order valence-corrected chi connectivity index (χ4v) is 5.83. The molecule has 1 aliphatic heterocycles. The molecule has 0 aromatic heterocycles. The van der Waals surface area contributed by atoms with E-state index in [1.165, 1.54) is 5.56 Å². The van der Waals surface area contributed by atoms with E-state index in [2.05, 4.69) is 34.2 Å². The molecule has 4 rings (SSSR count). The molecular weight excluding hydrogens is 386 g/mol. The number of amides is 1. The van der Waals surface area contributed by atoms with Crippen LogP contribution >= 0.6 is 0 Å². The molecule has 0 bridgehead atoms. The smallest absolute Gasteiger partial charge is 0.249 e. The summed E-state index contributed by atoms with van der Waals surface area (Å²) in [6, 6.07) is 8.22. The quantitative estimate of drug-likeness (QED) is 0.712. The average Bonchev–Trinajstić information content (AvgIpc) is 2.69. The molecular formula is C23H34F2N4O. The fourth-order valence-electron chi connectivity index (χ4n) is 5.83. The molecule has 1 amide bonds. The lowest BCUT2D eigenvalue weighted by Gasteiger charge is -2.62. The number of carbonyl (C=O) groups is 1. The highest BCUT2D eigenvalue weighted by atomic mass is 19.3. The maximum Gasteiger partial charge on any atom is 0.249 e. The van der Waals surface area contributed by atoms with Crippen LogP contribution in [-0.4, -0.2) is 60.9 Å². The molecule has 2 aliphatic carbocycles. The van der Waals surface area contributed by atoms with Crippen LogP contribution in [0.4, 0.5) is 8.78 Å². The summed E-state index contributed by atoms with van der Waals surface area (Å²) in [4.78, 5) is 17.8. The zero-order valence-corrected chi connectivity index (χ0v) is 17.9. The van der Waals surface area contributed by atoms with Crippen LogP contribution in [0.3, 0.4) is 0 Å². The second-order valence-corrected chi connectivity index (χ2v) is 9.71. The Kier molecular flexibility index (Phi) is 5.90. The van der Waals surface area contributed by atoms with Gasteiger partial charge in [0.15, 0.2) is 0 Å². The van der Waals surface area contributed by atoms with Crippen molar-refractivity contribution in [2.75, 3.05) is 39.3 Å². The second kappa shape index (κ2) is 8.17. The number of nitrogens with one attached hydrogen (secondary N) is 1. The van der Waals surface area contributed by atoms with E-state index in [4.69, 9.17) is 5.73 Å². The molecule has 1 heterocycles. The standard InChI is InChI=1S/C23H34F2N4O/c1-2-28-7-9-29(10-8-28)12-19-6-4-3-5-18(19)11-27-20(30)22(17-26)13-21(14-22)15-23(24,25)16-21/h3-6H,2,7-17,26H2,1H3,(H,27,30). The van der Waals surface area contributed by atoms with E-state index in [-0.39, 0.29) is 30.7 Å². The van der Waals surface area contributed by atoms with Crippen LogP contribution in [0.1, 0.15) is 43.7 Å². The lowest BCUT2D eigenvalue weighted by atomic mass is 9.44. The van der Waals surface area contributed by atoms with Crippen molar-refractivity contribution < 1.29 is 13.6 Å². The van der Waals surface area contributed by atoms with Gasteiger partial charge in [0.2, 0.25) is 11.8 Å². The minimum absolute atomic E-state index is 0.0859. The second-order valence-electron chi connectivity index (χ2n) is 9.71. The van der Waals surface area contributed by atoms with E-state index >= 15 is 0 Å². The van der Waals surface area contributed by atoms with E-state index < -0.39 is 11.3 Å². The Balaban J connectivity index is 1.32. The van der Waals surface area contributed by atoms with Gasteiger partial charge >= 0.3 is 0 Å². The van der Waals surface area contributed by atoms with Crippen LogP contribution in [0.15, 0.2) is 24.3 Å². The first-order chi connectivity index (χ1) is 14.3. The minimum Gasteiger partial charge on any atom is -0.351 e. The van der Waals surface area contributed by atoms with E-state index in [0.29, 0.717) is 19.4 Å². The molecule has 1 aromatic carbocycles. The van der Waals surface area contributed by atoms with Gasteiger partial charge in [-0.3, -0.25) is 9.69 Å². The van der Waals surface area contributed by atoms with Crippen molar-refractivity contribution in [2.45, 2.75) is 51.6 Å². The molecule has 166 valence electrons. The van der Waals surface area contributed by atoms with Crippen molar-refractivity contribution in [2.24, 2.45) is 16.6 Å². The minimum atomic E-state index is -2.56. The Morgan fingerprint density at radius 3 is 2.20 bits per heavy atom. The number of halogens is 2. The van der Waals surface area contributed by atoms with Crippen LogP contribution in [0, 0.1) is 10.8 Å². The zero-order chi connectivity index (χ0) is 21.4. The number of alkyl halides is 2. The first-order valence-electron chi connectivity index (χ1n) is 11.2. The first-order valence-corrected chi connectivity index (χ1v) is 11.2. The third-order valence-corrected chi connectivity index (χ3v) is 7.43. The van der Waals surface area contributed by atoms with Crippen molar-refractivity contribution in [3.63, 3.8) is 0 Å². The van der Waals surface area contributed by atoms with E-state index in [1.807, 2.05) is 12.1 Å². The number of hydrogen-bond donors (Lipinski definition) is 2. The highest BCUT2D eigenvalue weighted by molar-refractivity contribution is 5.84. The normalized spacial score (nSPS) is 24.8. The lowest BCUT2D eigenvalue weighted by molar-refractivity contribution is -0.228. The van der Waals surface area contributed by atoms with Crippen LogP contribution in [0.2, 0.25) is 0 Å². The van der Waals surface area contributed by atoms with Crippen molar-refractivity contribution in [1.29, 1.82) is 0 Å². The molecule has 0 radical (unpaired) electrons. The van der Waals surface area contributed by atoms with Crippen LogP contribution < -0.4 is 11.1 Å². The summed E-state index contributed by atoms with van der Waals surface area (Å²) in [6.07, 6.45) is 0.787. The predicted octanol–water partition coefficient (Wildman–Crippen LogP) is 2.59. The summed E-state index contributed by atoms with van der Waals surface area (Å²) in [5.74, 6) is -2.64. The Labute approximate surface area is 178 Å². The van der Waals surface area contributed by atoms with Gasteiger partial charge in [-0.25, -0.2) is 8.78 Å². The molecule has 0 atom stereocenters. The van der Waals surface area contributed by atoms with Gasteiger partial charge in [-0.2, -0.15) is 0 Å². The Hall–Kier alpha value is -1.57. The molecule has 5 nitrogen and oxygen atoms in total. The number of nitrogens with two attached hydrogens (primary N) is 1. The van der Waals surface area contributed by atoms with Crippen molar-refractivity contribution in [3.8, 4) is 0 Å². The SMILES string of the molecule is CCN1CCN(Cc2ccccc2CNC(=O)C2(CN)CC3(CC(F)(F)C3)C2)CC1. The summed E-state index contributed by atoms with van der Waals surface area (Å²) in [5, 5.41) is 3.06. The number of likely N-dealkylation sites (N-methyl/N-ethyl adjacent to an activating group) is 1. The lowest BCUT2D eigenvalue weighted by Crippen LogP contribution is -2.64. The Morgan fingerprint density at radius 2 is 1.63 bits per heavy atom. The van der Waals surface area contributed by atoms with Gasteiger partial charge in [0.25, 0.3) is 0 Å². The molecule has 1 aromatic rings. The van der Waals surface area contributed by atoms with E-state index in [1.54, 1.807) is 0 Å². The van der Waals surface area contributed by atoms with Gasteiger partial charge in [0.1, 0.15) is 0 Å². The molecule has 1 saturated heterocycles. The molecule has 2 saturated carbocycles. The number of rotatable bonds is 7. The third kappa shape index (κ3) is 4.25. The van der Waals surface area contributed by atoms with Crippen molar-refractivity contribution in [3.05, 3.63) is 35.4 Å². The predicted molar refractivity (Wildman–Crippen MR) is 113 cm³/mol. The number of nitrogens with zero attached hydrogens (tertiary/aromatic N) is 2. The molecule has 30 heavy (non-hydrogen) atoms. The highest BCUT2D eigenvalue weighted by Crippen LogP contribution is 2.68. The molecule has 3 aliphatic rings. The van der Waals surface area contributed by atoms with Gasteiger partial charge in [-0.15, -0.1) is 0 Å². The Morgan fingerprint density at radius 1 is 1.03 bits per heavy atom. The topological polar surface area (TPSA) is 61.6 Å². The number of piperazine rings is 1. The molecule has 0 unspecified atom stereocenters. The monoisotopic (exact) mass is 420 g/mol. The maximum atomic E-state index is 13.3. The zero-order valence-electron chi connectivity index (χ0n) is 17.9. The van der Waals surface area contributed by atoms with E-state index in [0.717, 1.165) is 44.8 Å². The summed E-state index contributed by atoms with van der Waals surface area (Å²) in [7, 11) is 0. The Bertz CT molecular complexity index is 760. The summed E-state index contributed by atoms with van der Waals surface area (Å²) in [5.41, 5.74) is 7.22. The number of hydrogen-bond acceptors (Lipinski definition) is 4. The third-order valence-electron chi connectivity index (χ3n) is 7.43. The molecule has 3 N–H and O–H groups in total. The number of benzene rings is 1. The maximum absolute atomic E-state index is 13.3. The van der Waals surface area contributed by atoms with Gasteiger partial charge in [-0.1, -0.05) is 31.2 Å².